The topological polar surface area (TPSA) is 20.3 Å². The van der Waals surface area contributed by atoms with Crippen molar-refractivity contribution >= 4 is 18.0 Å². The molecule has 0 saturated carbocycles. The first-order valence-corrected chi connectivity index (χ1v) is 6.81. The average molecular weight is 215 g/mol. The molecule has 0 aromatic rings. The number of aldehydes is 1. The molecule has 0 radical (unpaired) electrons. The van der Waals surface area contributed by atoms with Crippen molar-refractivity contribution in [2.45, 2.75) is 38.6 Å². The van der Waals surface area contributed by atoms with Crippen LogP contribution >= 0.6 is 11.8 Å². The molecule has 0 bridgehead atoms. The van der Waals surface area contributed by atoms with Crippen LogP contribution in [-0.4, -0.2) is 41.8 Å². The molecule has 0 aliphatic carbocycles. The van der Waals surface area contributed by atoms with E-state index in [1.807, 2.05) is 11.8 Å². The lowest BCUT2D eigenvalue weighted by atomic mass is 10.0. The molecule has 2 nitrogen and oxygen atoms in total. The van der Waals surface area contributed by atoms with Gasteiger partial charge in [0.1, 0.15) is 6.29 Å². The summed E-state index contributed by atoms with van der Waals surface area (Å²) in [5.74, 6) is 2.44. The quantitative estimate of drug-likeness (QED) is 0.500. The maximum absolute atomic E-state index is 10.8. The lowest BCUT2D eigenvalue weighted by Crippen LogP contribution is -2.41. The third-order valence-electron chi connectivity index (χ3n) is 2.76. The van der Waals surface area contributed by atoms with E-state index in [2.05, 4.69) is 11.8 Å². The van der Waals surface area contributed by atoms with Crippen molar-refractivity contribution in [3.8, 4) is 0 Å². The fourth-order valence-electron chi connectivity index (χ4n) is 1.96. The molecule has 1 aliphatic heterocycles. The Labute approximate surface area is 91.4 Å². The molecule has 1 heterocycles. The SMILES string of the molecule is CCSCCCN1CCCCC1C=O. The standard InChI is InChI=1S/C11H21NOS/c1-2-14-9-5-8-12-7-4-3-6-11(12)10-13/h10-11H,2-9H2,1H3. The fourth-order valence-corrected chi connectivity index (χ4v) is 2.58. The number of likely N-dealkylation sites (tertiary alicyclic amines) is 1. The van der Waals surface area contributed by atoms with Crippen molar-refractivity contribution in [3.05, 3.63) is 0 Å². The number of hydrogen-bond acceptors (Lipinski definition) is 3. The Hall–Kier alpha value is -0.0200. The van der Waals surface area contributed by atoms with Gasteiger partial charge in [-0.1, -0.05) is 13.3 Å². The van der Waals surface area contributed by atoms with Crippen LogP contribution < -0.4 is 0 Å². The van der Waals surface area contributed by atoms with E-state index >= 15 is 0 Å². The van der Waals surface area contributed by atoms with Gasteiger partial charge in [0.15, 0.2) is 0 Å². The van der Waals surface area contributed by atoms with Gasteiger partial charge < -0.3 is 4.79 Å². The summed E-state index contributed by atoms with van der Waals surface area (Å²) in [4.78, 5) is 13.2. The van der Waals surface area contributed by atoms with E-state index in [0.29, 0.717) is 0 Å². The van der Waals surface area contributed by atoms with Gasteiger partial charge in [0.25, 0.3) is 0 Å². The van der Waals surface area contributed by atoms with Crippen LogP contribution in [0.4, 0.5) is 0 Å². The number of hydrogen-bond donors (Lipinski definition) is 0. The van der Waals surface area contributed by atoms with Crippen molar-refractivity contribution in [2.75, 3.05) is 24.6 Å². The zero-order valence-corrected chi connectivity index (χ0v) is 9.89. The Bertz CT molecular complexity index is 163. The largest absolute Gasteiger partial charge is 0.302 e. The number of thioether (sulfide) groups is 1. The molecule has 1 saturated heterocycles. The molecule has 0 aromatic heterocycles. The lowest BCUT2D eigenvalue weighted by molar-refractivity contribution is -0.113. The van der Waals surface area contributed by atoms with Gasteiger partial charge in [0, 0.05) is 0 Å². The van der Waals surface area contributed by atoms with Crippen LogP contribution in [0.15, 0.2) is 0 Å². The summed E-state index contributed by atoms with van der Waals surface area (Å²) in [5, 5.41) is 0. The van der Waals surface area contributed by atoms with Crippen molar-refractivity contribution in [3.63, 3.8) is 0 Å². The van der Waals surface area contributed by atoms with Crippen molar-refractivity contribution in [1.29, 1.82) is 0 Å². The van der Waals surface area contributed by atoms with Gasteiger partial charge in [-0.2, -0.15) is 11.8 Å². The molecule has 0 aromatic carbocycles. The molecule has 0 amide bonds. The van der Waals surface area contributed by atoms with Gasteiger partial charge in [-0.25, -0.2) is 0 Å². The number of carbonyl (C=O) groups is 1. The van der Waals surface area contributed by atoms with E-state index in [1.165, 1.54) is 30.8 Å². The van der Waals surface area contributed by atoms with Gasteiger partial charge in [-0.3, -0.25) is 4.90 Å². The van der Waals surface area contributed by atoms with Crippen molar-refractivity contribution in [2.24, 2.45) is 0 Å². The number of carbonyl (C=O) groups excluding carboxylic acids is 1. The normalized spacial score (nSPS) is 23.6. The van der Waals surface area contributed by atoms with Crippen LogP contribution in [0.1, 0.15) is 32.6 Å². The van der Waals surface area contributed by atoms with E-state index < -0.39 is 0 Å². The van der Waals surface area contributed by atoms with Crippen LogP contribution in [0.3, 0.4) is 0 Å². The predicted octanol–water partition coefficient (Wildman–Crippen LogP) is 2.18. The monoisotopic (exact) mass is 215 g/mol. The molecule has 1 rings (SSSR count). The Morgan fingerprint density at radius 3 is 3.07 bits per heavy atom. The van der Waals surface area contributed by atoms with Crippen LogP contribution in [0.5, 0.6) is 0 Å². The third-order valence-corrected chi connectivity index (χ3v) is 3.75. The van der Waals surface area contributed by atoms with E-state index in [9.17, 15) is 4.79 Å². The second kappa shape index (κ2) is 7.30. The minimum Gasteiger partial charge on any atom is -0.302 e. The highest BCUT2D eigenvalue weighted by atomic mass is 32.2. The summed E-state index contributed by atoms with van der Waals surface area (Å²) in [6.45, 7) is 4.43. The molecule has 1 unspecified atom stereocenters. The smallest absolute Gasteiger partial charge is 0.137 e. The van der Waals surface area contributed by atoms with Gasteiger partial charge in [-0.15, -0.1) is 0 Å². The van der Waals surface area contributed by atoms with Crippen LogP contribution in [-0.2, 0) is 4.79 Å². The van der Waals surface area contributed by atoms with Gasteiger partial charge in [0.05, 0.1) is 6.04 Å². The maximum atomic E-state index is 10.8. The highest BCUT2D eigenvalue weighted by Gasteiger charge is 2.20. The molecule has 3 heteroatoms. The highest BCUT2D eigenvalue weighted by Crippen LogP contribution is 2.16. The molecule has 14 heavy (non-hydrogen) atoms. The molecule has 1 aliphatic rings. The first-order valence-electron chi connectivity index (χ1n) is 5.65. The molecular formula is C11H21NOS. The third kappa shape index (κ3) is 4.01. The summed E-state index contributed by atoms with van der Waals surface area (Å²) in [6, 6.07) is 0.218. The lowest BCUT2D eigenvalue weighted by Gasteiger charge is -2.32. The number of nitrogens with zero attached hydrogens (tertiary/aromatic N) is 1. The molecular weight excluding hydrogens is 194 g/mol. The zero-order valence-electron chi connectivity index (χ0n) is 9.08. The summed E-state index contributed by atoms with van der Waals surface area (Å²) in [7, 11) is 0. The summed E-state index contributed by atoms with van der Waals surface area (Å²) in [5.41, 5.74) is 0. The molecule has 0 N–H and O–H groups in total. The average Bonchev–Trinajstić information content (AvgIpc) is 2.25. The first kappa shape index (κ1) is 12.1. The first-order chi connectivity index (χ1) is 6.88. The minimum atomic E-state index is 0.218. The van der Waals surface area contributed by atoms with Crippen LogP contribution in [0, 0.1) is 0 Å². The second-order valence-corrected chi connectivity index (χ2v) is 5.18. The van der Waals surface area contributed by atoms with Gasteiger partial charge in [-0.05, 0) is 43.9 Å². The minimum absolute atomic E-state index is 0.218. The Morgan fingerprint density at radius 2 is 2.36 bits per heavy atom. The summed E-state index contributed by atoms with van der Waals surface area (Å²) < 4.78 is 0. The van der Waals surface area contributed by atoms with Crippen molar-refractivity contribution in [1.82, 2.24) is 4.90 Å². The van der Waals surface area contributed by atoms with E-state index in [-0.39, 0.29) is 6.04 Å². The predicted molar refractivity (Wildman–Crippen MR) is 62.9 cm³/mol. The highest BCUT2D eigenvalue weighted by molar-refractivity contribution is 7.99. The Kier molecular flexibility index (Phi) is 6.28. The van der Waals surface area contributed by atoms with E-state index in [4.69, 9.17) is 0 Å². The Morgan fingerprint density at radius 1 is 1.50 bits per heavy atom. The summed E-state index contributed by atoms with van der Waals surface area (Å²) >= 11 is 1.99. The fraction of sp³-hybridized carbons (Fsp3) is 0.909. The second-order valence-electron chi connectivity index (χ2n) is 3.79. The summed E-state index contributed by atoms with van der Waals surface area (Å²) in [6.07, 6.45) is 5.92. The number of rotatable bonds is 6. The molecule has 0 spiro atoms. The van der Waals surface area contributed by atoms with Gasteiger partial charge in [0.2, 0.25) is 0 Å². The van der Waals surface area contributed by atoms with Crippen LogP contribution in [0.25, 0.3) is 0 Å². The Balaban J connectivity index is 2.16. The molecule has 82 valence electrons. The van der Waals surface area contributed by atoms with Crippen molar-refractivity contribution < 1.29 is 4.79 Å². The maximum Gasteiger partial charge on any atom is 0.137 e. The van der Waals surface area contributed by atoms with Crippen LogP contribution in [0.2, 0.25) is 0 Å². The number of piperidine rings is 1. The molecule has 1 atom stereocenters. The zero-order chi connectivity index (χ0) is 10.2. The van der Waals surface area contributed by atoms with Gasteiger partial charge >= 0.3 is 0 Å². The van der Waals surface area contributed by atoms with E-state index in [1.54, 1.807) is 0 Å². The van der Waals surface area contributed by atoms with E-state index in [0.717, 1.165) is 25.8 Å². The molecule has 1 fully saturated rings.